The molecule has 0 saturated carbocycles. The zero-order chi connectivity index (χ0) is 21.1. The van der Waals surface area contributed by atoms with Crippen LogP contribution < -0.4 is 11.0 Å². The smallest absolute Gasteiger partial charge is 0.276 e. The lowest BCUT2D eigenvalue weighted by Gasteiger charge is -2.12. The Morgan fingerprint density at radius 1 is 1.20 bits per heavy atom. The summed E-state index contributed by atoms with van der Waals surface area (Å²) in [6, 6.07) is 15.9. The molecule has 30 heavy (non-hydrogen) atoms. The highest BCUT2D eigenvalue weighted by Gasteiger charge is 2.25. The number of benzene rings is 2. The van der Waals surface area contributed by atoms with E-state index in [1.54, 1.807) is 30.3 Å². The fraction of sp³-hybridized carbons (Fsp3) is 0.0500. The van der Waals surface area contributed by atoms with Gasteiger partial charge in [-0.3, -0.25) is 20.3 Å². The first-order valence-corrected chi connectivity index (χ1v) is 8.82. The van der Waals surface area contributed by atoms with Gasteiger partial charge >= 0.3 is 0 Å². The molecule has 0 fully saturated rings. The molecule has 0 spiro atoms. The monoisotopic (exact) mass is 405 g/mol. The van der Waals surface area contributed by atoms with Crippen molar-refractivity contribution >= 4 is 28.1 Å². The van der Waals surface area contributed by atoms with Gasteiger partial charge in [-0.25, -0.2) is 4.98 Å². The second-order valence-electron chi connectivity index (χ2n) is 6.27. The van der Waals surface area contributed by atoms with Crippen molar-refractivity contribution in [3.05, 3.63) is 98.8 Å². The maximum absolute atomic E-state index is 12.7. The van der Waals surface area contributed by atoms with Crippen molar-refractivity contribution < 1.29 is 14.4 Å². The lowest BCUT2D eigenvalue weighted by molar-refractivity contribution is -0.384. The summed E-state index contributed by atoms with van der Waals surface area (Å²) in [4.78, 5) is 30.0. The number of fused-ring (bicyclic) bond motifs is 1. The Morgan fingerprint density at radius 3 is 2.70 bits per heavy atom. The van der Waals surface area contributed by atoms with Gasteiger partial charge in [0.05, 0.1) is 27.9 Å². The standard InChI is InChI=1S/C20H15N5O5/c26-19(16-7-4-10-30-16)17(24-23-12-5-2-1-3-6-12)18-20(27)22-14-9-8-13(25(28)29)11-15(14)21-18/h1-11,19,23,26H,(H,22,27)/b24-17+/t19-/m1/s1. The van der Waals surface area contributed by atoms with E-state index in [1.165, 1.54) is 30.5 Å². The van der Waals surface area contributed by atoms with Crippen LogP contribution in [-0.4, -0.2) is 25.7 Å². The van der Waals surface area contributed by atoms with Crippen molar-refractivity contribution in [2.24, 2.45) is 5.10 Å². The Bertz CT molecular complexity index is 1280. The number of nitrogens with zero attached hydrogens (tertiary/aromatic N) is 3. The van der Waals surface area contributed by atoms with Gasteiger partial charge in [-0.05, 0) is 30.3 Å². The van der Waals surface area contributed by atoms with Crippen LogP contribution in [0.4, 0.5) is 11.4 Å². The summed E-state index contributed by atoms with van der Waals surface area (Å²) in [5, 5.41) is 26.0. The van der Waals surface area contributed by atoms with Crippen LogP contribution in [0.15, 0.2) is 81.2 Å². The van der Waals surface area contributed by atoms with Gasteiger partial charge in [-0.15, -0.1) is 0 Å². The third kappa shape index (κ3) is 3.80. The average molecular weight is 405 g/mol. The number of furan rings is 1. The number of nitrogens with one attached hydrogen (secondary N) is 2. The number of hydrogen-bond donors (Lipinski definition) is 3. The molecule has 1 atom stereocenters. The van der Waals surface area contributed by atoms with Gasteiger partial charge in [0.15, 0.2) is 11.8 Å². The maximum atomic E-state index is 12.7. The van der Waals surface area contributed by atoms with E-state index in [2.05, 4.69) is 20.5 Å². The fourth-order valence-corrected chi connectivity index (χ4v) is 2.82. The zero-order valence-electron chi connectivity index (χ0n) is 15.4. The number of aliphatic hydroxyl groups excluding tert-OH is 1. The van der Waals surface area contributed by atoms with Crippen molar-refractivity contribution in [3.63, 3.8) is 0 Å². The van der Waals surface area contributed by atoms with Crippen molar-refractivity contribution in [1.29, 1.82) is 0 Å². The number of para-hydroxylation sites is 1. The number of H-pyrrole nitrogens is 1. The molecule has 150 valence electrons. The fourth-order valence-electron chi connectivity index (χ4n) is 2.82. The molecule has 2 heterocycles. The van der Waals surface area contributed by atoms with Crippen molar-refractivity contribution in [1.82, 2.24) is 9.97 Å². The van der Waals surface area contributed by atoms with Crippen LogP contribution >= 0.6 is 0 Å². The molecule has 0 aliphatic carbocycles. The van der Waals surface area contributed by atoms with Gasteiger partial charge in [0.1, 0.15) is 11.5 Å². The first-order chi connectivity index (χ1) is 14.5. The number of aromatic amines is 1. The summed E-state index contributed by atoms with van der Waals surface area (Å²) in [5.74, 6) is 0.156. The third-order valence-corrected chi connectivity index (χ3v) is 4.28. The van der Waals surface area contributed by atoms with Gasteiger partial charge in [0.2, 0.25) is 0 Å². The molecular weight excluding hydrogens is 390 g/mol. The van der Waals surface area contributed by atoms with E-state index in [9.17, 15) is 20.0 Å². The lowest BCUT2D eigenvalue weighted by Crippen LogP contribution is -2.26. The molecule has 0 radical (unpaired) electrons. The van der Waals surface area contributed by atoms with Gasteiger partial charge in [0, 0.05) is 12.1 Å². The van der Waals surface area contributed by atoms with E-state index >= 15 is 0 Å². The average Bonchev–Trinajstić information content (AvgIpc) is 3.29. The van der Waals surface area contributed by atoms with Crippen LogP contribution in [0.5, 0.6) is 0 Å². The van der Waals surface area contributed by atoms with Gasteiger partial charge < -0.3 is 14.5 Å². The Hall–Kier alpha value is -4.31. The lowest BCUT2D eigenvalue weighted by atomic mass is 10.1. The quantitative estimate of drug-likeness (QED) is 0.254. The minimum Gasteiger partial charge on any atom is -0.466 e. The third-order valence-electron chi connectivity index (χ3n) is 4.28. The second-order valence-corrected chi connectivity index (χ2v) is 6.27. The highest BCUT2D eigenvalue weighted by Crippen LogP contribution is 2.21. The molecular formula is C20H15N5O5. The molecule has 0 bridgehead atoms. The minimum atomic E-state index is -1.40. The Morgan fingerprint density at radius 2 is 2.00 bits per heavy atom. The number of nitro benzene ring substituents is 1. The van der Waals surface area contributed by atoms with Crippen LogP contribution in [0, 0.1) is 10.1 Å². The number of aromatic nitrogens is 2. The van der Waals surface area contributed by atoms with Crippen LogP contribution in [0.1, 0.15) is 17.6 Å². The molecule has 0 aliphatic heterocycles. The molecule has 10 nitrogen and oxygen atoms in total. The molecule has 0 aliphatic rings. The Balaban J connectivity index is 1.84. The summed E-state index contributed by atoms with van der Waals surface area (Å²) >= 11 is 0. The first kappa shape index (κ1) is 19.0. The molecule has 0 saturated heterocycles. The number of nitro groups is 1. The van der Waals surface area contributed by atoms with Crippen molar-refractivity contribution in [2.75, 3.05) is 5.43 Å². The van der Waals surface area contributed by atoms with Crippen molar-refractivity contribution in [3.8, 4) is 0 Å². The number of aliphatic hydroxyl groups is 1. The van der Waals surface area contributed by atoms with Crippen LogP contribution in [0.25, 0.3) is 11.0 Å². The molecule has 3 N–H and O–H groups in total. The van der Waals surface area contributed by atoms with E-state index in [0.29, 0.717) is 11.2 Å². The Kier molecular flexibility index (Phi) is 5.06. The summed E-state index contributed by atoms with van der Waals surface area (Å²) in [7, 11) is 0. The molecule has 10 heteroatoms. The second kappa shape index (κ2) is 7.97. The largest absolute Gasteiger partial charge is 0.466 e. The molecule has 4 aromatic rings. The Labute approximate surface area is 168 Å². The van der Waals surface area contributed by atoms with E-state index in [1.807, 2.05) is 6.07 Å². The van der Waals surface area contributed by atoms with Crippen LogP contribution in [-0.2, 0) is 0 Å². The maximum Gasteiger partial charge on any atom is 0.276 e. The molecule has 0 amide bonds. The number of hydrogen-bond acceptors (Lipinski definition) is 8. The van der Waals surface area contributed by atoms with E-state index in [-0.39, 0.29) is 28.4 Å². The van der Waals surface area contributed by atoms with Gasteiger partial charge in [-0.1, -0.05) is 18.2 Å². The summed E-state index contributed by atoms with van der Waals surface area (Å²) < 4.78 is 5.24. The number of non-ortho nitro benzene ring substituents is 1. The topological polar surface area (TPSA) is 147 Å². The van der Waals surface area contributed by atoms with Crippen molar-refractivity contribution in [2.45, 2.75) is 6.10 Å². The molecule has 0 unspecified atom stereocenters. The number of anilines is 1. The first-order valence-electron chi connectivity index (χ1n) is 8.82. The zero-order valence-corrected chi connectivity index (χ0v) is 15.4. The van der Waals surface area contributed by atoms with E-state index < -0.39 is 16.6 Å². The molecule has 2 aromatic carbocycles. The highest BCUT2D eigenvalue weighted by atomic mass is 16.6. The van der Waals surface area contributed by atoms with Gasteiger partial charge in [-0.2, -0.15) is 5.10 Å². The predicted octanol–water partition coefficient (Wildman–Crippen LogP) is 2.97. The summed E-state index contributed by atoms with van der Waals surface area (Å²) in [6.45, 7) is 0. The van der Waals surface area contributed by atoms with Gasteiger partial charge in [0.25, 0.3) is 11.2 Å². The highest BCUT2D eigenvalue weighted by molar-refractivity contribution is 6.03. The molecule has 2 aromatic heterocycles. The number of hydrazone groups is 1. The normalized spacial score (nSPS) is 12.6. The van der Waals surface area contributed by atoms with Crippen LogP contribution in [0.3, 0.4) is 0 Å². The predicted molar refractivity (Wildman–Crippen MR) is 109 cm³/mol. The molecule has 4 rings (SSSR count). The SMILES string of the molecule is O=c1[nH]c2ccc([N+](=O)[O-])cc2nc1/C(=N\Nc1ccccc1)[C@H](O)c1ccco1. The number of rotatable bonds is 6. The summed E-state index contributed by atoms with van der Waals surface area (Å²) in [6.07, 6.45) is -0.0247. The van der Waals surface area contributed by atoms with E-state index in [4.69, 9.17) is 4.42 Å². The van der Waals surface area contributed by atoms with E-state index in [0.717, 1.165) is 0 Å². The minimum absolute atomic E-state index is 0.108. The van der Waals surface area contributed by atoms with Crippen LogP contribution in [0.2, 0.25) is 0 Å². The summed E-state index contributed by atoms with van der Waals surface area (Å²) in [5.41, 5.74) is 2.79.